The standard InChI is InChI=1S/C40H47N11O4/c1-47(17-5-7-25-11-14-31-33(19-25)48(2)40(55)51(31)32-15-16-36(53)44-38(32)54)18-6-8-26-21-42-39(43-22-26)50-27-12-13-28(50)24-49(23-27)34-20-30(45-46-37(34)41)29-9-3-4-10-35(29)52/h3-4,9-11,14,19-22,27-28,32,52H,5-8,12-13,15-18,23-24H2,1-2H3,(H2,41,46)(H,44,53,54). The van der Waals surface area contributed by atoms with Crippen molar-refractivity contribution in [1.29, 1.82) is 0 Å². The number of hydrogen-bond donors (Lipinski definition) is 3. The summed E-state index contributed by atoms with van der Waals surface area (Å²) in [5, 5.41) is 21.2. The number of imidazole rings is 1. The number of nitrogens with zero attached hydrogens (tertiary/aromatic N) is 9. The summed E-state index contributed by atoms with van der Waals surface area (Å²) < 4.78 is 3.11. The second kappa shape index (κ2) is 15.1. The third kappa shape index (κ3) is 7.23. The lowest BCUT2D eigenvalue weighted by atomic mass is 10.1. The molecule has 2 aromatic carbocycles. The van der Waals surface area contributed by atoms with E-state index in [0.717, 1.165) is 93.0 Å². The second-order valence-electron chi connectivity index (χ2n) is 15.1. The number of benzene rings is 2. The molecular weight excluding hydrogens is 699 g/mol. The number of piperazine rings is 1. The molecule has 8 rings (SSSR count). The maximum absolute atomic E-state index is 13.1. The lowest BCUT2D eigenvalue weighted by molar-refractivity contribution is -0.135. The number of aromatic nitrogens is 6. The maximum Gasteiger partial charge on any atom is 0.329 e. The molecule has 3 aromatic heterocycles. The summed E-state index contributed by atoms with van der Waals surface area (Å²) in [4.78, 5) is 53.9. The van der Waals surface area contributed by atoms with Crippen LogP contribution in [-0.4, -0.2) is 96.4 Å². The molecule has 286 valence electrons. The molecular formula is C40H47N11O4. The number of imide groups is 1. The first-order chi connectivity index (χ1) is 26.6. The summed E-state index contributed by atoms with van der Waals surface area (Å²) >= 11 is 0. The normalized spacial score (nSPS) is 19.8. The number of phenols is 1. The van der Waals surface area contributed by atoms with E-state index in [2.05, 4.69) is 37.3 Å². The van der Waals surface area contributed by atoms with Crippen LogP contribution in [0.4, 0.5) is 17.5 Å². The van der Waals surface area contributed by atoms with Gasteiger partial charge in [0, 0.05) is 56.6 Å². The van der Waals surface area contributed by atoms with Gasteiger partial charge in [-0.2, -0.15) is 0 Å². The van der Waals surface area contributed by atoms with Crippen LogP contribution in [0.15, 0.2) is 65.7 Å². The van der Waals surface area contributed by atoms with Gasteiger partial charge < -0.3 is 25.5 Å². The number of para-hydroxylation sites is 1. The number of carbonyl (C=O) groups is 2. The predicted octanol–water partition coefficient (Wildman–Crippen LogP) is 3.21. The average molecular weight is 746 g/mol. The number of carbonyl (C=O) groups excluding carboxylic acids is 2. The highest BCUT2D eigenvalue weighted by molar-refractivity contribution is 6.00. The molecule has 0 aliphatic carbocycles. The summed E-state index contributed by atoms with van der Waals surface area (Å²) in [6, 6.07) is 14.9. The topological polar surface area (TPSA) is 181 Å². The van der Waals surface area contributed by atoms with Crippen molar-refractivity contribution in [3.8, 4) is 17.0 Å². The van der Waals surface area contributed by atoms with Crippen molar-refractivity contribution in [3.05, 3.63) is 82.5 Å². The van der Waals surface area contributed by atoms with E-state index >= 15 is 0 Å². The van der Waals surface area contributed by atoms with E-state index in [1.165, 1.54) is 4.57 Å². The number of anilines is 3. The van der Waals surface area contributed by atoms with E-state index in [-0.39, 0.29) is 35.9 Å². The van der Waals surface area contributed by atoms with Crippen LogP contribution < -0.4 is 26.5 Å². The zero-order chi connectivity index (χ0) is 38.2. The number of nitrogen functional groups attached to an aromatic ring is 1. The molecule has 15 nitrogen and oxygen atoms in total. The van der Waals surface area contributed by atoms with Crippen LogP contribution in [0.1, 0.15) is 55.7 Å². The fourth-order valence-corrected chi connectivity index (χ4v) is 8.52. The molecule has 15 heteroatoms. The summed E-state index contributed by atoms with van der Waals surface area (Å²) in [5.41, 5.74) is 11.9. The van der Waals surface area contributed by atoms with Gasteiger partial charge in [0.15, 0.2) is 5.82 Å². The van der Waals surface area contributed by atoms with E-state index in [4.69, 9.17) is 15.7 Å². The number of aryl methyl sites for hydroxylation is 3. The third-order valence-electron chi connectivity index (χ3n) is 11.4. The summed E-state index contributed by atoms with van der Waals surface area (Å²) in [7, 11) is 3.87. The van der Waals surface area contributed by atoms with Crippen LogP contribution in [0.3, 0.4) is 0 Å². The number of hydrogen-bond acceptors (Lipinski definition) is 12. The number of amides is 2. The Bertz CT molecular complexity index is 2270. The number of piperidine rings is 1. The Morgan fingerprint density at radius 3 is 2.31 bits per heavy atom. The van der Waals surface area contributed by atoms with E-state index < -0.39 is 11.9 Å². The molecule has 3 aliphatic heterocycles. The fourth-order valence-electron chi connectivity index (χ4n) is 8.52. The van der Waals surface area contributed by atoms with Gasteiger partial charge >= 0.3 is 5.69 Å². The number of nitrogens with two attached hydrogens (primary N) is 1. The average Bonchev–Trinajstić information content (AvgIpc) is 3.58. The zero-order valence-corrected chi connectivity index (χ0v) is 31.3. The van der Waals surface area contributed by atoms with Crippen molar-refractivity contribution >= 4 is 40.3 Å². The minimum Gasteiger partial charge on any atom is -0.507 e. The SMILES string of the molecule is CN(CCCc1cnc(N2C3CCC2CN(c2cc(-c4ccccc4O)nnc2N)C3)nc1)CCCc1ccc2c(c1)n(C)c(=O)n2C1CCC(=O)NC1=O. The lowest BCUT2D eigenvalue weighted by Crippen LogP contribution is -2.54. The Kier molecular flexibility index (Phi) is 9.95. The summed E-state index contributed by atoms with van der Waals surface area (Å²) in [6.45, 7) is 3.44. The van der Waals surface area contributed by atoms with E-state index in [9.17, 15) is 19.5 Å². The summed E-state index contributed by atoms with van der Waals surface area (Å²) in [6.07, 6.45) is 10.3. The molecule has 6 heterocycles. The van der Waals surface area contributed by atoms with Crippen molar-refractivity contribution in [2.24, 2.45) is 7.05 Å². The number of aromatic hydroxyl groups is 1. The molecule has 3 unspecified atom stereocenters. The number of phenolic OH excluding ortho intramolecular Hbond substituents is 1. The van der Waals surface area contributed by atoms with Crippen molar-refractivity contribution in [2.75, 3.05) is 48.8 Å². The fraction of sp³-hybridized carbons (Fsp3) is 0.425. The molecule has 2 amide bonds. The molecule has 3 fully saturated rings. The van der Waals surface area contributed by atoms with Gasteiger partial charge in [-0.3, -0.25) is 24.0 Å². The highest BCUT2D eigenvalue weighted by Gasteiger charge is 2.42. The zero-order valence-electron chi connectivity index (χ0n) is 31.3. The van der Waals surface area contributed by atoms with Gasteiger partial charge in [0.1, 0.15) is 11.8 Å². The third-order valence-corrected chi connectivity index (χ3v) is 11.4. The van der Waals surface area contributed by atoms with Gasteiger partial charge in [-0.25, -0.2) is 14.8 Å². The van der Waals surface area contributed by atoms with Gasteiger partial charge in [-0.05, 0) is 107 Å². The van der Waals surface area contributed by atoms with E-state index in [0.29, 0.717) is 29.0 Å². The monoisotopic (exact) mass is 745 g/mol. The molecule has 0 saturated carbocycles. The number of nitrogens with one attached hydrogen (secondary N) is 1. The molecule has 0 spiro atoms. The molecule has 55 heavy (non-hydrogen) atoms. The summed E-state index contributed by atoms with van der Waals surface area (Å²) in [5.74, 6) is 0.591. The highest BCUT2D eigenvalue weighted by Crippen LogP contribution is 2.38. The molecule has 3 saturated heterocycles. The van der Waals surface area contributed by atoms with E-state index in [1.807, 2.05) is 48.8 Å². The molecule has 5 aromatic rings. The van der Waals surface area contributed by atoms with Crippen molar-refractivity contribution in [2.45, 2.75) is 69.5 Å². The minimum atomic E-state index is -0.681. The van der Waals surface area contributed by atoms with Crippen LogP contribution in [0, 0.1) is 0 Å². The van der Waals surface area contributed by atoms with Gasteiger partial charge in [-0.15, -0.1) is 10.2 Å². The quantitative estimate of drug-likeness (QED) is 0.159. The highest BCUT2D eigenvalue weighted by atomic mass is 16.3. The first-order valence-electron chi connectivity index (χ1n) is 19.1. The van der Waals surface area contributed by atoms with Crippen LogP contribution in [0.5, 0.6) is 5.75 Å². The van der Waals surface area contributed by atoms with Crippen LogP contribution >= 0.6 is 0 Å². The Balaban J connectivity index is 0.812. The van der Waals surface area contributed by atoms with Gasteiger partial charge in [-0.1, -0.05) is 18.2 Å². The molecule has 3 aliphatic rings. The van der Waals surface area contributed by atoms with Crippen molar-refractivity contribution < 1.29 is 14.7 Å². The van der Waals surface area contributed by atoms with Crippen molar-refractivity contribution in [3.63, 3.8) is 0 Å². The van der Waals surface area contributed by atoms with Crippen LogP contribution in [0.2, 0.25) is 0 Å². The number of rotatable bonds is 12. The second-order valence-corrected chi connectivity index (χ2v) is 15.1. The first-order valence-corrected chi connectivity index (χ1v) is 19.1. The Morgan fingerprint density at radius 1 is 0.891 bits per heavy atom. The Hall–Kier alpha value is -5.83. The maximum atomic E-state index is 13.1. The van der Waals surface area contributed by atoms with Gasteiger partial charge in [0.25, 0.3) is 0 Å². The molecule has 3 atom stereocenters. The molecule has 0 radical (unpaired) electrons. The molecule has 2 bridgehead atoms. The van der Waals surface area contributed by atoms with Crippen molar-refractivity contribution in [1.82, 2.24) is 39.5 Å². The van der Waals surface area contributed by atoms with Crippen LogP contribution in [0.25, 0.3) is 22.3 Å². The van der Waals surface area contributed by atoms with E-state index in [1.54, 1.807) is 23.7 Å². The Labute approximate surface area is 318 Å². The Morgan fingerprint density at radius 2 is 1.60 bits per heavy atom. The smallest absolute Gasteiger partial charge is 0.329 e. The van der Waals surface area contributed by atoms with Gasteiger partial charge in [0.05, 0.1) is 22.4 Å². The molecule has 4 N–H and O–H groups in total. The van der Waals surface area contributed by atoms with Gasteiger partial charge in [0.2, 0.25) is 17.8 Å². The number of fused-ring (bicyclic) bond motifs is 3. The lowest BCUT2D eigenvalue weighted by Gasteiger charge is -2.42. The van der Waals surface area contributed by atoms with Crippen LogP contribution in [-0.2, 0) is 29.5 Å². The predicted molar refractivity (Wildman–Crippen MR) is 210 cm³/mol. The minimum absolute atomic E-state index is 0.158. The largest absolute Gasteiger partial charge is 0.507 e. The first kappa shape index (κ1) is 36.2.